The second-order valence-electron chi connectivity index (χ2n) is 5.37. The smallest absolute Gasteiger partial charge is 0.0795 e. The van der Waals surface area contributed by atoms with Crippen LogP contribution in [-0.4, -0.2) is 35.0 Å². The monoisotopic (exact) mass is 288 g/mol. The van der Waals surface area contributed by atoms with E-state index in [2.05, 4.69) is 38.7 Å². The largest absolute Gasteiger partial charge is 0.311 e. The summed E-state index contributed by atoms with van der Waals surface area (Å²) in [6, 6.07) is 4.69. The fourth-order valence-corrected chi connectivity index (χ4v) is 3.59. The van der Waals surface area contributed by atoms with Gasteiger partial charge in [-0.1, -0.05) is 6.07 Å². The van der Waals surface area contributed by atoms with Crippen LogP contribution in [0, 0.1) is 5.92 Å². The van der Waals surface area contributed by atoms with Crippen molar-refractivity contribution in [3.05, 3.63) is 46.7 Å². The van der Waals surface area contributed by atoms with Gasteiger partial charge in [-0.05, 0) is 37.6 Å². The minimum atomic E-state index is 0.478. The maximum atomic E-state index is 4.31. The van der Waals surface area contributed by atoms with Gasteiger partial charge in [-0.3, -0.25) is 9.88 Å². The van der Waals surface area contributed by atoms with Crippen molar-refractivity contribution in [1.82, 2.24) is 20.2 Å². The van der Waals surface area contributed by atoms with Gasteiger partial charge in [-0.2, -0.15) is 0 Å². The minimum Gasteiger partial charge on any atom is -0.311 e. The van der Waals surface area contributed by atoms with Gasteiger partial charge in [-0.15, -0.1) is 11.3 Å². The van der Waals surface area contributed by atoms with Crippen molar-refractivity contribution in [1.29, 1.82) is 0 Å². The van der Waals surface area contributed by atoms with E-state index in [1.807, 2.05) is 24.0 Å². The van der Waals surface area contributed by atoms with Gasteiger partial charge in [-0.25, -0.2) is 4.98 Å². The molecule has 2 atom stereocenters. The second-order valence-corrected chi connectivity index (χ2v) is 6.09. The highest BCUT2D eigenvalue weighted by Crippen LogP contribution is 2.35. The van der Waals surface area contributed by atoms with Crippen molar-refractivity contribution in [3.8, 4) is 0 Å². The van der Waals surface area contributed by atoms with Gasteiger partial charge in [0.25, 0.3) is 0 Å². The first kappa shape index (κ1) is 13.7. The molecule has 2 aromatic heterocycles. The molecule has 0 spiro atoms. The quantitative estimate of drug-likeness (QED) is 0.917. The summed E-state index contributed by atoms with van der Waals surface area (Å²) >= 11 is 1.65. The van der Waals surface area contributed by atoms with Crippen LogP contribution in [0.5, 0.6) is 0 Å². The van der Waals surface area contributed by atoms with Crippen LogP contribution in [0.1, 0.15) is 23.7 Å². The number of hydrogen-bond donors (Lipinski definition) is 1. The van der Waals surface area contributed by atoms with Crippen LogP contribution in [0.4, 0.5) is 0 Å². The summed E-state index contributed by atoms with van der Waals surface area (Å²) in [5.41, 5.74) is 4.35. The van der Waals surface area contributed by atoms with Gasteiger partial charge in [0.05, 0.1) is 11.2 Å². The molecule has 1 aliphatic heterocycles. The molecule has 1 saturated heterocycles. The molecule has 0 radical (unpaired) electrons. The fourth-order valence-electron chi connectivity index (χ4n) is 3.03. The molecule has 0 aromatic carbocycles. The zero-order chi connectivity index (χ0) is 13.8. The molecule has 0 bridgehead atoms. The number of aromatic nitrogens is 2. The van der Waals surface area contributed by atoms with Crippen LogP contribution < -0.4 is 5.32 Å². The van der Waals surface area contributed by atoms with Gasteiger partial charge in [0.1, 0.15) is 0 Å². The summed E-state index contributed by atoms with van der Waals surface area (Å²) in [5.74, 6) is 0.642. The summed E-state index contributed by atoms with van der Waals surface area (Å²) in [5, 5.41) is 5.65. The lowest BCUT2D eigenvalue weighted by molar-refractivity contribution is 0.271. The third-order valence-corrected chi connectivity index (χ3v) is 4.63. The van der Waals surface area contributed by atoms with Gasteiger partial charge in [0, 0.05) is 36.9 Å². The van der Waals surface area contributed by atoms with Crippen molar-refractivity contribution < 1.29 is 0 Å². The van der Waals surface area contributed by atoms with Crippen LogP contribution in [0.3, 0.4) is 0 Å². The molecular formula is C15H20N4S. The molecule has 0 saturated carbocycles. The van der Waals surface area contributed by atoms with Crippen LogP contribution in [0.25, 0.3) is 0 Å². The molecule has 0 unspecified atom stereocenters. The first-order chi connectivity index (χ1) is 9.84. The van der Waals surface area contributed by atoms with Crippen LogP contribution in [0.2, 0.25) is 0 Å². The average molecular weight is 288 g/mol. The third kappa shape index (κ3) is 3.06. The first-order valence-corrected chi connectivity index (χ1v) is 7.97. The van der Waals surface area contributed by atoms with Crippen molar-refractivity contribution in [3.63, 3.8) is 0 Å². The van der Waals surface area contributed by atoms with Crippen LogP contribution >= 0.6 is 11.3 Å². The Bertz CT molecular complexity index is 514. The Hall–Kier alpha value is -1.30. The molecule has 1 fully saturated rings. The number of pyridine rings is 1. The minimum absolute atomic E-state index is 0.478. The number of likely N-dealkylation sites (tertiary alicyclic amines) is 1. The Labute approximate surface area is 123 Å². The maximum Gasteiger partial charge on any atom is 0.0795 e. The standard InChI is InChI=1S/C15H20N4S/c1-19-6-4-13(8-17-9-14-10-20-11-18-14)15(19)12-3-2-5-16-7-12/h2-3,5,7,10-11,13,15,17H,4,6,8-9H2,1H3/t13-,15-/m0/s1. The summed E-state index contributed by atoms with van der Waals surface area (Å²) < 4.78 is 0. The molecule has 20 heavy (non-hydrogen) atoms. The lowest BCUT2D eigenvalue weighted by Crippen LogP contribution is -2.28. The summed E-state index contributed by atoms with van der Waals surface area (Å²) in [6.07, 6.45) is 5.08. The zero-order valence-electron chi connectivity index (χ0n) is 11.7. The molecular weight excluding hydrogens is 268 g/mol. The molecule has 1 aliphatic rings. The fraction of sp³-hybridized carbons (Fsp3) is 0.467. The molecule has 0 aliphatic carbocycles. The highest BCUT2D eigenvalue weighted by atomic mass is 32.1. The van der Waals surface area contributed by atoms with Gasteiger partial charge in [0.15, 0.2) is 0 Å². The highest BCUT2D eigenvalue weighted by Gasteiger charge is 2.32. The van der Waals surface area contributed by atoms with E-state index in [9.17, 15) is 0 Å². The molecule has 3 heterocycles. The van der Waals surface area contributed by atoms with E-state index in [-0.39, 0.29) is 0 Å². The Kier molecular flexibility index (Phi) is 4.40. The molecule has 3 rings (SSSR count). The Morgan fingerprint density at radius 2 is 2.45 bits per heavy atom. The summed E-state index contributed by atoms with van der Waals surface area (Å²) in [6.45, 7) is 3.05. The van der Waals surface area contributed by atoms with E-state index in [0.717, 1.165) is 25.3 Å². The molecule has 4 nitrogen and oxygen atoms in total. The van der Waals surface area contributed by atoms with Crippen molar-refractivity contribution in [2.24, 2.45) is 5.92 Å². The number of nitrogens with one attached hydrogen (secondary N) is 1. The number of nitrogens with zero attached hydrogens (tertiary/aromatic N) is 3. The van der Waals surface area contributed by atoms with E-state index < -0.39 is 0 Å². The first-order valence-electron chi connectivity index (χ1n) is 7.02. The number of hydrogen-bond acceptors (Lipinski definition) is 5. The SMILES string of the molecule is CN1CC[C@@H](CNCc2cscn2)[C@@H]1c1cccnc1. The highest BCUT2D eigenvalue weighted by molar-refractivity contribution is 7.07. The van der Waals surface area contributed by atoms with Gasteiger partial charge >= 0.3 is 0 Å². The van der Waals surface area contributed by atoms with Crippen molar-refractivity contribution >= 4 is 11.3 Å². The van der Waals surface area contributed by atoms with Crippen LogP contribution in [-0.2, 0) is 6.54 Å². The Morgan fingerprint density at radius 1 is 1.50 bits per heavy atom. The molecule has 106 valence electrons. The second kappa shape index (κ2) is 6.43. The van der Waals surface area contributed by atoms with E-state index in [1.54, 1.807) is 11.3 Å². The van der Waals surface area contributed by atoms with Gasteiger partial charge < -0.3 is 5.32 Å². The number of thiazole rings is 1. The topological polar surface area (TPSA) is 41.0 Å². The molecule has 0 amide bonds. The van der Waals surface area contributed by atoms with Crippen molar-refractivity contribution in [2.45, 2.75) is 19.0 Å². The summed E-state index contributed by atoms with van der Waals surface area (Å²) in [4.78, 5) is 11.0. The third-order valence-electron chi connectivity index (χ3n) is 4.00. The predicted octanol–water partition coefficient (Wildman–Crippen LogP) is 2.32. The molecule has 5 heteroatoms. The normalized spacial score (nSPS) is 23.2. The average Bonchev–Trinajstić information content (AvgIpc) is 3.10. The number of rotatable bonds is 5. The molecule has 2 aromatic rings. The summed E-state index contributed by atoms with van der Waals surface area (Å²) in [7, 11) is 2.21. The van der Waals surface area contributed by atoms with Crippen molar-refractivity contribution in [2.75, 3.05) is 20.1 Å². The van der Waals surface area contributed by atoms with E-state index in [4.69, 9.17) is 0 Å². The van der Waals surface area contributed by atoms with E-state index in [0.29, 0.717) is 12.0 Å². The molecule has 1 N–H and O–H groups in total. The maximum absolute atomic E-state index is 4.31. The van der Waals surface area contributed by atoms with Crippen LogP contribution in [0.15, 0.2) is 35.4 Å². The lowest BCUT2D eigenvalue weighted by Gasteiger charge is -2.25. The Balaban J connectivity index is 1.60. The lowest BCUT2D eigenvalue weighted by atomic mass is 9.95. The predicted molar refractivity (Wildman–Crippen MR) is 81.5 cm³/mol. The van der Waals surface area contributed by atoms with E-state index in [1.165, 1.54) is 12.0 Å². The zero-order valence-corrected chi connectivity index (χ0v) is 12.5. The Morgan fingerprint density at radius 3 is 3.20 bits per heavy atom. The van der Waals surface area contributed by atoms with Gasteiger partial charge in [0.2, 0.25) is 0 Å². The van der Waals surface area contributed by atoms with E-state index >= 15 is 0 Å².